The average Bonchev–Trinajstić information content (AvgIpc) is 2.42. The van der Waals surface area contributed by atoms with Gasteiger partial charge < -0.3 is 10.5 Å². The van der Waals surface area contributed by atoms with Crippen molar-refractivity contribution in [1.29, 1.82) is 0 Å². The van der Waals surface area contributed by atoms with Crippen LogP contribution in [-0.2, 0) is 6.54 Å². The third-order valence-electron chi connectivity index (χ3n) is 2.58. The number of nitro benzene ring substituents is 1. The van der Waals surface area contributed by atoms with Gasteiger partial charge in [0.1, 0.15) is 11.5 Å². The van der Waals surface area contributed by atoms with E-state index in [-0.39, 0.29) is 5.69 Å². The largest absolute Gasteiger partial charge is 0.454 e. The predicted octanol–water partition coefficient (Wildman–Crippen LogP) is 4.26. The lowest BCUT2D eigenvalue weighted by Gasteiger charge is -2.10. The van der Waals surface area contributed by atoms with Crippen molar-refractivity contribution in [3.63, 3.8) is 0 Å². The molecule has 0 fully saturated rings. The summed E-state index contributed by atoms with van der Waals surface area (Å²) in [5.41, 5.74) is 6.33. The van der Waals surface area contributed by atoms with Crippen LogP contribution in [0.25, 0.3) is 0 Å². The van der Waals surface area contributed by atoms with Crippen molar-refractivity contribution in [2.75, 3.05) is 0 Å². The van der Waals surface area contributed by atoms with Crippen molar-refractivity contribution in [3.05, 3.63) is 61.6 Å². The van der Waals surface area contributed by atoms with Crippen molar-refractivity contribution in [2.45, 2.75) is 6.54 Å². The lowest BCUT2D eigenvalue weighted by atomic mass is 10.2. The second kappa shape index (κ2) is 6.21. The first-order valence-corrected chi connectivity index (χ1v) is 6.78. The molecule has 104 valence electrons. The maximum Gasteiger partial charge on any atom is 0.273 e. The van der Waals surface area contributed by atoms with Gasteiger partial charge in [-0.2, -0.15) is 0 Å². The van der Waals surface area contributed by atoms with Crippen LogP contribution in [-0.4, -0.2) is 4.92 Å². The highest BCUT2D eigenvalue weighted by Gasteiger charge is 2.12. The summed E-state index contributed by atoms with van der Waals surface area (Å²) in [5, 5.41) is 11.2. The van der Waals surface area contributed by atoms with Gasteiger partial charge in [0.15, 0.2) is 0 Å². The lowest BCUT2D eigenvalue weighted by molar-refractivity contribution is -0.384. The number of nitro groups is 1. The molecule has 5 nitrogen and oxygen atoms in total. The molecule has 0 aliphatic heterocycles. The number of ether oxygens (including phenoxy) is 1. The third kappa shape index (κ3) is 3.27. The maximum absolute atomic E-state index is 10.8. The average molecular weight is 358 g/mol. The lowest BCUT2D eigenvalue weighted by Crippen LogP contribution is -1.96. The van der Waals surface area contributed by atoms with Crippen molar-refractivity contribution in [2.24, 2.45) is 5.73 Å². The van der Waals surface area contributed by atoms with Crippen molar-refractivity contribution < 1.29 is 9.66 Å². The summed E-state index contributed by atoms with van der Waals surface area (Å²) in [7, 11) is 0. The first-order valence-electron chi connectivity index (χ1n) is 5.61. The highest BCUT2D eigenvalue weighted by atomic mass is 79.9. The van der Waals surface area contributed by atoms with Crippen LogP contribution in [0.15, 0.2) is 40.9 Å². The summed E-state index contributed by atoms with van der Waals surface area (Å²) in [6.45, 7) is 0.375. The Morgan fingerprint density at radius 2 is 2.00 bits per heavy atom. The zero-order valence-corrected chi connectivity index (χ0v) is 12.5. The number of nitrogens with zero attached hydrogens (tertiary/aromatic N) is 1. The molecule has 0 aliphatic rings. The van der Waals surface area contributed by atoms with E-state index in [1.807, 2.05) is 0 Å². The summed E-state index contributed by atoms with van der Waals surface area (Å²) in [6.07, 6.45) is 0. The van der Waals surface area contributed by atoms with Crippen molar-refractivity contribution >= 4 is 33.2 Å². The maximum atomic E-state index is 10.8. The molecule has 7 heteroatoms. The van der Waals surface area contributed by atoms with Crippen LogP contribution in [0.1, 0.15) is 5.56 Å². The van der Waals surface area contributed by atoms with Gasteiger partial charge in [-0.25, -0.2) is 0 Å². The second-order valence-electron chi connectivity index (χ2n) is 3.94. The molecule has 0 bridgehead atoms. The van der Waals surface area contributed by atoms with Crippen LogP contribution >= 0.6 is 27.5 Å². The van der Waals surface area contributed by atoms with Gasteiger partial charge in [0.2, 0.25) is 0 Å². The minimum Gasteiger partial charge on any atom is -0.454 e. The Bertz CT molecular complexity index is 664. The molecule has 0 aliphatic carbocycles. The zero-order valence-electron chi connectivity index (χ0n) is 10.2. The molecule has 0 heterocycles. The van der Waals surface area contributed by atoms with E-state index >= 15 is 0 Å². The first kappa shape index (κ1) is 14.8. The Hall–Kier alpha value is -1.63. The molecule has 0 atom stereocenters. The minimum absolute atomic E-state index is 0.0575. The SMILES string of the molecule is NCc1ccc(Oc2cc([N+](=O)[O-])ccc2Br)c(Cl)c1. The highest BCUT2D eigenvalue weighted by molar-refractivity contribution is 9.10. The fourth-order valence-electron chi connectivity index (χ4n) is 1.56. The van der Waals surface area contributed by atoms with Gasteiger partial charge in [0.05, 0.1) is 20.5 Å². The molecule has 0 unspecified atom stereocenters. The Morgan fingerprint density at radius 3 is 2.60 bits per heavy atom. The zero-order chi connectivity index (χ0) is 14.7. The monoisotopic (exact) mass is 356 g/mol. The number of hydrogen-bond acceptors (Lipinski definition) is 4. The topological polar surface area (TPSA) is 78.4 Å². The van der Waals surface area contributed by atoms with Gasteiger partial charge >= 0.3 is 0 Å². The summed E-state index contributed by atoms with van der Waals surface area (Å²) < 4.78 is 6.21. The van der Waals surface area contributed by atoms with Gasteiger partial charge in [-0.1, -0.05) is 17.7 Å². The summed E-state index contributed by atoms with van der Waals surface area (Å²) >= 11 is 9.36. The number of halogens is 2. The normalized spacial score (nSPS) is 10.3. The molecule has 2 rings (SSSR count). The summed E-state index contributed by atoms with van der Waals surface area (Å²) in [5.74, 6) is 0.728. The molecular weight excluding hydrogens is 348 g/mol. The number of benzene rings is 2. The van der Waals surface area contributed by atoms with E-state index in [0.717, 1.165) is 5.56 Å². The highest BCUT2D eigenvalue weighted by Crippen LogP contribution is 2.36. The van der Waals surface area contributed by atoms with E-state index in [1.165, 1.54) is 12.1 Å². The van der Waals surface area contributed by atoms with E-state index in [0.29, 0.717) is 27.5 Å². The van der Waals surface area contributed by atoms with Crippen molar-refractivity contribution in [3.8, 4) is 11.5 Å². The minimum atomic E-state index is -0.488. The Labute approximate surface area is 128 Å². The third-order valence-corrected chi connectivity index (χ3v) is 3.53. The van der Waals surface area contributed by atoms with Gasteiger partial charge in [-0.15, -0.1) is 0 Å². The van der Waals surface area contributed by atoms with E-state index in [1.54, 1.807) is 24.3 Å². The van der Waals surface area contributed by atoms with Crippen LogP contribution in [0.3, 0.4) is 0 Å². The molecular formula is C13H10BrClN2O3. The van der Waals surface area contributed by atoms with E-state index in [9.17, 15) is 10.1 Å². The molecule has 20 heavy (non-hydrogen) atoms. The molecule has 0 radical (unpaired) electrons. The summed E-state index contributed by atoms with van der Waals surface area (Å²) in [6, 6.07) is 9.42. The molecule has 0 saturated heterocycles. The van der Waals surface area contributed by atoms with Crippen LogP contribution in [0.4, 0.5) is 5.69 Å². The van der Waals surface area contributed by atoms with Crippen LogP contribution in [0.5, 0.6) is 11.5 Å². The Morgan fingerprint density at radius 1 is 1.25 bits per heavy atom. The fraction of sp³-hybridized carbons (Fsp3) is 0.0769. The van der Waals surface area contributed by atoms with Crippen LogP contribution < -0.4 is 10.5 Å². The molecule has 0 amide bonds. The quantitative estimate of drug-likeness (QED) is 0.655. The standard InChI is InChI=1S/C13H10BrClN2O3/c14-10-3-2-9(17(18)19)6-13(10)20-12-4-1-8(7-16)5-11(12)15/h1-6H,7,16H2. The van der Waals surface area contributed by atoms with Crippen molar-refractivity contribution in [1.82, 2.24) is 0 Å². The van der Waals surface area contributed by atoms with Gasteiger partial charge in [0, 0.05) is 12.6 Å². The second-order valence-corrected chi connectivity index (χ2v) is 5.20. The predicted molar refractivity (Wildman–Crippen MR) is 80.2 cm³/mol. The van der Waals surface area contributed by atoms with Crippen LogP contribution in [0, 0.1) is 10.1 Å². The number of non-ortho nitro benzene ring substituents is 1. The Balaban J connectivity index is 2.34. The molecule has 0 saturated carbocycles. The molecule has 0 aromatic heterocycles. The smallest absolute Gasteiger partial charge is 0.273 e. The molecule has 2 aromatic carbocycles. The molecule has 2 N–H and O–H groups in total. The number of rotatable bonds is 4. The van der Waals surface area contributed by atoms with Gasteiger partial charge in [-0.05, 0) is 39.7 Å². The summed E-state index contributed by atoms with van der Waals surface area (Å²) in [4.78, 5) is 10.3. The number of hydrogen-bond donors (Lipinski definition) is 1. The van der Waals surface area contributed by atoms with E-state index in [4.69, 9.17) is 22.1 Å². The van der Waals surface area contributed by atoms with Gasteiger partial charge in [0.25, 0.3) is 5.69 Å². The van der Waals surface area contributed by atoms with Gasteiger partial charge in [-0.3, -0.25) is 10.1 Å². The Kier molecular flexibility index (Phi) is 4.59. The van der Waals surface area contributed by atoms with Crippen LogP contribution in [0.2, 0.25) is 5.02 Å². The van der Waals surface area contributed by atoms with E-state index < -0.39 is 4.92 Å². The van der Waals surface area contributed by atoms with E-state index in [2.05, 4.69) is 15.9 Å². The number of nitrogens with two attached hydrogens (primary N) is 1. The molecule has 0 spiro atoms. The molecule has 2 aromatic rings. The fourth-order valence-corrected chi connectivity index (χ4v) is 2.13. The first-order chi connectivity index (χ1) is 9.51.